The van der Waals surface area contributed by atoms with Gasteiger partial charge in [-0.3, -0.25) is 19.9 Å². The highest BCUT2D eigenvalue weighted by atomic mass is 35.5. The number of hydrogen-bond donors (Lipinski definition) is 2. The summed E-state index contributed by atoms with van der Waals surface area (Å²) < 4.78 is 5.01. The van der Waals surface area contributed by atoms with Gasteiger partial charge >= 0.3 is 5.69 Å². The van der Waals surface area contributed by atoms with E-state index in [0.717, 1.165) is 6.07 Å². The van der Waals surface area contributed by atoms with Crippen LogP contribution in [0.2, 0.25) is 5.02 Å². The van der Waals surface area contributed by atoms with Crippen LogP contribution in [-0.2, 0) is 0 Å². The van der Waals surface area contributed by atoms with Crippen molar-refractivity contribution in [2.45, 2.75) is 0 Å². The standard InChI is InChI=1S/C18H12ClN3O5/c19-12-8-11(17(23)15(9-12)22(25)26)10-20-13-3-5-14(6-4-13)21-18(24)16-2-1-7-27-16/h1-10,23H,(H,21,24). The van der Waals surface area contributed by atoms with E-state index in [4.69, 9.17) is 16.0 Å². The minimum Gasteiger partial charge on any atom is -0.502 e. The summed E-state index contributed by atoms with van der Waals surface area (Å²) in [5, 5.41) is 23.6. The molecule has 0 saturated carbocycles. The first-order valence-corrected chi connectivity index (χ1v) is 7.98. The third-order valence-corrected chi connectivity index (χ3v) is 3.72. The van der Waals surface area contributed by atoms with Crippen LogP contribution in [0.1, 0.15) is 16.1 Å². The van der Waals surface area contributed by atoms with E-state index in [0.29, 0.717) is 11.4 Å². The lowest BCUT2D eigenvalue weighted by Crippen LogP contribution is -2.10. The van der Waals surface area contributed by atoms with E-state index in [1.54, 1.807) is 36.4 Å². The van der Waals surface area contributed by atoms with Gasteiger partial charge in [0.15, 0.2) is 5.76 Å². The maximum Gasteiger partial charge on any atom is 0.312 e. The Hall–Kier alpha value is -3.65. The van der Waals surface area contributed by atoms with Crippen LogP contribution < -0.4 is 5.32 Å². The highest BCUT2D eigenvalue weighted by Crippen LogP contribution is 2.32. The fourth-order valence-corrected chi connectivity index (χ4v) is 2.44. The Bertz CT molecular complexity index is 1010. The van der Waals surface area contributed by atoms with Crippen LogP contribution in [0.3, 0.4) is 0 Å². The number of phenols is 1. The Morgan fingerprint density at radius 1 is 1.26 bits per heavy atom. The summed E-state index contributed by atoms with van der Waals surface area (Å²) in [5.74, 6) is -0.710. The molecular formula is C18H12ClN3O5. The number of amides is 1. The minimum absolute atomic E-state index is 0.108. The predicted molar refractivity (Wildman–Crippen MR) is 100 cm³/mol. The van der Waals surface area contributed by atoms with E-state index in [9.17, 15) is 20.0 Å². The zero-order valence-electron chi connectivity index (χ0n) is 13.6. The molecule has 0 bridgehead atoms. The number of anilines is 1. The fourth-order valence-electron chi connectivity index (χ4n) is 2.22. The molecule has 8 nitrogen and oxygen atoms in total. The summed E-state index contributed by atoms with van der Waals surface area (Å²) in [4.78, 5) is 26.2. The number of nitro benzene ring substituents is 1. The summed E-state index contributed by atoms with van der Waals surface area (Å²) in [6.45, 7) is 0. The topological polar surface area (TPSA) is 118 Å². The van der Waals surface area contributed by atoms with Crippen LogP contribution in [0.25, 0.3) is 0 Å². The Balaban J connectivity index is 1.75. The van der Waals surface area contributed by atoms with Crippen LogP contribution in [0.4, 0.5) is 17.1 Å². The highest BCUT2D eigenvalue weighted by Gasteiger charge is 2.17. The molecule has 0 unspecified atom stereocenters. The molecule has 27 heavy (non-hydrogen) atoms. The third kappa shape index (κ3) is 4.31. The molecule has 1 heterocycles. The van der Waals surface area contributed by atoms with Gasteiger partial charge in [-0.05, 0) is 42.5 Å². The van der Waals surface area contributed by atoms with E-state index in [-0.39, 0.29) is 22.3 Å². The molecule has 0 radical (unpaired) electrons. The van der Waals surface area contributed by atoms with Crippen molar-refractivity contribution >= 4 is 40.8 Å². The number of rotatable bonds is 5. The van der Waals surface area contributed by atoms with E-state index in [2.05, 4.69) is 10.3 Å². The molecule has 3 aromatic rings. The molecule has 2 N–H and O–H groups in total. The van der Waals surface area contributed by atoms with Crippen molar-refractivity contribution in [1.29, 1.82) is 0 Å². The van der Waals surface area contributed by atoms with Crippen LogP contribution in [0.15, 0.2) is 64.2 Å². The number of furan rings is 1. The average molecular weight is 386 g/mol. The van der Waals surface area contributed by atoms with Gasteiger partial charge in [-0.1, -0.05) is 11.6 Å². The molecule has 3 rings (SSSR count). The van der Waals surface area contributed by atoms with Crippen molar-refractivity contribution in [3.05, 3.63) is 81.3 Å². The first kappa shape index (κ1) is 18.2. The van der Waals surface area contributed by atoms with Crippen molar-refractivity contribution in [2.75, 3.05) is 5.32 Å². The van der Waals surface area contributed by atoms with Gasteiger partial charge in [-0.25, -0.2) is 0 Å². The van der Waals surface area contributed by atoms with Gasteiger partial charge in [0, 0.05) is 28.6 Å². The number of nitrogens with zero attached hydrogens (tertiary/aromatic N) is 2. The number of nitrogens with one attached hydrogen (secondary N) is 1. The maximum atomic E-state index is 11.9. The van der Waals surface area contributed by atoms with Crippen LogP contribution in [0.5, 0.6) is 5.75 Å². The van der Waals surface area contributed by atoms with Gasteiger partial charge in [-0.15, -0.1) is 0 Å². The molecule has 0 saturated heterocycles. The molecule has 0 atom stereocenters. The molecule has 9 heteroatoms. The summed E-state index contributed by atoms with van der Waals surface area (Å²) in [6, 6.07) is 12.1. The second kappa shape index (κ2) is 7.71. The molecule has 0 aliphatic rings. The lowest BCUT2D eigenvalue weighted by molar-refractivity contribution is -0.385. The lowest BCUT2D eigenvalue weighted by atomic mass is 10.2. The first-order valence-electron chi connectivity index (χ1n) is 7.60. The zero-order chi connectivity index (χ0) is 19.4. The maximum absolute atomic E-state index is 11.9. The number of hydrogen-bond acceptors (Lipinski definition) is 6. The molecule has 0 aliphatic heterocycles. The van der Waals surface area contributed by atoms with Gasteiger partial charge in [0.2, 0.25) is 5.75 Å². The van der Waals surface area contributed by atoms with Gasteiger partial charge in [0.05, 0.1) is 16.9 Å². The number of carbonyl (C=O) groups excluding carboxylic acids is 1. The number of halogens is 1. The largest absolute Gasteiger partial charge is 0.502 e. The molecule has 1 aromatic heterocycles. The summed E-state index contributed by atoms with van der Waals surface area (Å²) >= 11 is 5.83. The summed E-state index contributed by atoms with van der Waals surface area (Å²) in [7, 11) is 0. The SMILES string of the molecule is O=C(Nc1ccc(N=Cc2cc(Cl)cc([N+](=O)[O-])c2O)cc1)c1ccco1. The van der Waals surface area contributed by atoms with Crippen molar-refractivity contribution in [2.24, 2.45) is 4.99 Å². The van der Waals surface area contributed by atoms with E-state index >= 15 is 0 Å². The van der Waals surface area contributed by atoms with Gasteiger partial charge < -0.3 is 14.8 Å². The molecule has 0 spiro atoms. The third-order valence-electron chi connectivity index (χ3n) is 3.50. The van der Waals surface area contributed by atoms with Crippen molar-refractivity contribution < 1.29 is 19.2 Å². The number of aliphatic imine (C=N–C) groups is 1. The smallest absolute Gasteiger partial charge is 0.312 e. The normalized spacial score (nSPS) is 10.9. The Kier molecular flexibility index (Phi) is 5.18. The molecule has 2 aromatic carbocycles. The molecule has 0 aliphatic carbocycles. The molecule has 0 fully saturated rings. The highest BCUT2D eigenvalue weighted by molar-refractivity contribution is 6.31. The van der Waals surface area contributed by atoms with Crippen molar-refractivity contribution in [1.82, 2.24) is 0 Å². The molecule has 1 amide bonds. The Morgan fingerprint density at radius 3 is 2.63 bits per heavy atom. The molecule has 136 valence electrons. The number of phenolic OH excluding ortho intramolecular Hbond substituents is 1. The van der Waals surface area contributed by atoms with Crippen LogP contribution in [0, 0.1) is 10.1 Å². The monoisotopic (exact) mass is 385 g/mol. The van der Waals surface area contributed by atoms with Gasteiger partial charge in [0.1, 0.15) is 0 Å². The van der Waals surface area contributed by atoms with Crippen molar-refractivity contribution in [3.63, 3.8) is 0 Å². The summed E-state index contributed by atoms with van der Waals surface area (Å²) in [5.41, 5.74) is 0.661. The van der Waals surface area contributed by atoms with E-state index in [1.165, 1.54) is 18.5 Å². The number of nitro groups is 1. The second-order valence-corrected chi connectivity index (χ2v) is 5.79. The van der Waals surface area contributed by atoms with Gasteiger partial charge in [-0.2, -0.15) is 0 Å². The summed E-state index contributed by atoms with van der Waals surface area (Å²) in [6.07, 6.45) is 2.67. The predicted octanol–water partition coefficient (Wildman–Crippen LogP) is 4.55. The molecular weight excluding hydrogens is 374 g/mol. The van der Waals surface area contributed by atoms with E-state index < -0.39 is 16.4 Å². The van der Waals surface area contributed by atoms with E-state index in [1.807, 2.05) is 0 Å². The average Bonchev–Trinajstić information content (AvgIpc) is 3.18. The zero-order valence-corrected chi connectivity index (χ0v) is 14.4. The van der Waals surface area contributed by atoms with Crippen LogP contribution in [-0.4, -0.2) is 22.2 Å². The minimum atomic E-state index is -0.727. The van der Waals surface area contributed by atoms with Gasteiger partial charge in [0.25, 0.3) is 5.91 Å². The lowest BCUT2D eigenvalue weighted by Gasteiger charge is -2.04. The number of carbonyl (C=O) groups is 1. The first-order chi connectivity index (χ1) is 12.9. The second-order valence-electron chi connectivity index (χ2n) is 5.36. The van der Waals surface area contributed by atoms with Crippen LogP contribution >= 0.6 is 11.6 Å². The fraction of sp³-hybridized carbons (Fsp3) is 0. The number of benzene rings is 2. The van der Waals surface area contributed by atoms with Crippen molar-refractivity contribution in [3.8, 4) is 5.75 Å². The Labute approximate surface area is 157 Å². The number of aromatic hydroxyl groups is 1. The quantitative estimate of drug-likeness (QED) is 0.379. The Morgan fingerprint density at radius 2 is 2.00 bits per heavy atom.